The summed E-state index contributed by atoms with van der Waals surface area (Å²) in [4.78, 5) is 8.85. The molecule has 1 N–H and O–H groups in total. The SMILES string of the molecule is Cc1ccc(-n2ncc3c(NCCc4ccc(Cl)cc4)ncnc32)c(C)c1. The minimum absolute atomic E-state index is 0.753. The smallest absolute Gasteiger partial charge is 0.168 e. The van der Waals surface area contributed by atoms with E-state index in [2.05, 4.69) is 52.4 Å². The first kappa shape index (κ1) is 17.5. The number of rotatable bonds is 5. The van der Waals surface area contributed by atoms with Crippen LogP contribution in [-0.4, -0.2) is 26.3 Å². The van der Waals surface area contributed by atoms with Crippen LogP contribution in [0.3, 0.4) is 0 Å². The van der Waals surface area contributed by atoms with Gasteiger partial charge in [-0.3, -0.25) is 0 Å². The van der Waals surface area contributed by atoms with Crippen molar-refractivity contribution in [2.45, 2.75) is 20.3 Å². The molecule has 6 heteroatoms. The van der Waals surface area contributed by atoms with Crippen molar-refractivity contribution in [1.29, 1.82) is 0 Å². The first-order valence-corrected chi connectivity index (χ1v) is 9.24. The first-order chi connectivity index (χ1) is 13.1. The Labute approximate surface area is 163 Å². The molecule has 0 bridgehead atoms. The number of anilines is 1. The summed E-state index contributed by atoms with van der Waals surface area (Å²) in [5.41, 5.74) is 5.44. The highest BCUT2D eigenvalue weighted by Gasteiger charge is 2.12. The summed E-state index contributed by atoms with van der Waals surface area (Å²) in [6.45, 7) is 4.94. The van der Waals surface area contributed by atoms with Gasteiger partial charge in [-0.05, 0) is 49.6 Å². The average molecular weight is 378 g/mol. The molecule has 0 spiro atoms. The number of benzene rings is 2. The van der Waals surface area contributed by atoms with E-state index in [1.165, 1.54) is 11.1 Å². The van der Waals surface area contributed by atoms with Crippen LogP contribution in [0, 0.1) is 13.8 Å². The van der Waals surface area contributed by atoms with Gasteiger partial charge in [-0.1, -0.05) is 41.4 Å². The lowest BCUT2D eigenvalue weighted by atomic mass is 10.1. The molecule has 4 aromatic rings. The van der Waals surface area contributed by atoms with Crippen molar-refractivity contribution in [3.05, 3.63) is 76.7 Å². The lowest BCUT2D eigenvalue weighted by Crippen LogP contribution is -2.07. The van der Waals surface area contributed by atoms with Gasteiger partial charge < -0.3 is 5.32 Å². The summed E-state index contributed by atoms with van der Waals surface area (Å²) in [7, 11) is 0. The molecule has 0 aliphatic heterocycles. The Morgan fingerprint density at radius 1 is 1.04 bits per heavy atom. The third-order valence-corrected chi connectivity index (χ3v) is 4.82. The number of hydrogen-bond acceptors (Lipinski definition) is 4. The molecule has 0 amide bonds. The van der Waals surface area contributed by atoms with Crippen LogP contribution in [0.15, 0.2) is 55.0 Å². The van der Waals surface area contributed by atoms with Crippen LogP contribution >= 0.6 is 11.6 Å². The number of aryl methyl sites for hydroxylation is 2. The maximum Gasteiger partial charge on any atom is 0.168 e. The molecule has 0 fully saturated rings. The fourth-order valence-electron chi connectivity index (χ4n) is 3.18. The molecule has 136 valence electrons. The number of hydrogen-bond donors (Lipinski definition) is 1. The third-order valence-electron chi connectivity index (χ3n) is 4.57. The molecule has 0 atom stereocenters. The second-order valence-electron chi connectivity index (χ2n) is 6.61. The molecule has 4 rings (SSSR count). The van der Waals surface area contributed by atoms with E-state index in [-0.39, 0.29) is 0 Å². The lowest BCUT2D eigenvalue weighted by molar-refractivity contribution is 0.886. The Bertz CT molecular complexity index is 1090. The minimum Gasteiger partial charge on any atom is -0.369 e. The number of halogens is 1. The van der Waals surface area contributed by atoms with E-state index in [0.29, 0.717) is 0 Å². The molecule has 0 saturated heterocycles. The summed E-state index contributed by atoms with van der Waals surface area (Å²) >= 11 is 5.94. The Morgan fingerprint density at radius 2 is 1.85 bits per heavy atom. The van der Waals surface area contributed by atoms with Crippen molar-refractivity contribution >= 4 is 28.5 Å². The summed E-state index contributed by atoms with van der Waals surface area (Å²) in [6, 6.07) is 14.2. The van der Waals surface area contributed by atoms with Gasteiger partial charge in [0.15, 0.2) is 5.65 Å². The van der Waals surface area contributed by atoms with Crippen LogP contribution < -0.4 is 5.32 Å². The third kappa shape index (κ3) is 3.64. The van der Waals surface area contributed by atoms with Gasteiger partial charge in [-0.2, -0.15) is 5.10 Å². The maximum absolute atomic E-state index is 5.94. The molecule has 0 aliphatic carbocycles. The van der Waals surface area contributed by atoms with Crippen LogP contribution in [0.4, 0.5) is 5.82 Å². The van der Waals surface area contributed by atoms with E-state index in [9.17, 15) is 0 Å². The standard InChI is InChI=1S/C21H20ClN5/c1-14-3-8-19(15(2)11-14)27-21-18(12-26-27)20(24-13-25-21)23-10-9-16-4-6-17(22)7-5-16/h3-8,11-13H,9-10H2,1-2H3,(H,23,24,25). The monoisotopic (exact) mass is 377 g/mol. The topological polar surface area (TPSA) is 55.6 Å². The van der Waals surface area contributed by atoms with Crippen molar-refractivity contribution in [1.82, 2.24) is 19.7 Å². The molecule has 0 radical (unpaired) electrons. The van der Waals surface area contributed by atoms with Crippen molar-refractivity contribution in [2.75, 3.05) is 11.9 Å². The Morgan fingerprint density at radius 3 is 2.63 bits per heavy atom. The van der Waals surface area contributed by atoms with Crippen LogP contribution in [0.5, 0.6) is 0 Å². The number of fused-ring (bicyclic) bond motifs is 1. The molecule has 2 aromatic carbocycles. The number of nitrogens with one attached hydrogen (secondary N) is 1. The van der Waals surface area contributed by atoms with Crippen molar-refractivity contribution < 1.29 is 0 Å². The normalized spacial score (nSPS) is 11.1. The summed E-state index contributed by atoms with van der Waals surface area (Å²) in [6.07, 6.45) is 4.28. The highest BCUT2D eigenvalue weighted by molar-refractivity contribution is 6.30. The second-order valence-corrected chi connectivity index (χ2v) is 7.05. The van der Waals surface area contributed by atoms with E-state index in [1.807, 2.05) is 35.1 Å². The molecular weight excluding hydrogens is 358 g/mol. The van der Waals surface area contributed by atoms with Gasteiger partial charge in [-0.15, -0.1) is 0 Å². The molecule has 0 saturated carbocycles. The van der Waals surface area contributed by atoms with Gasteiger partial charge in [0, 0.05) is 11.6 Å². The first-order valence-electron chi connectivity index (χ1n) is 8.86. The molecule has 27 heavy (non-hydrogen) atoms. The van der Waals surface area contributed by atoms with E-state index in [1.54, 1.807) is 6.33 Å². The molecule has 2 heterocycles. The zero-order chi connectivity index (χ0) is 18.8. The molecular formula is C21H20ClN5. The second kappa shape index (κ2) is 7.37. The molecule has 0 aliphatic rings. The van der Waals surface area contributed by atoms with Crippen LogP contribution in [0.1, 0.15) is 16.7 Å². The quantitative estimate of drug-likeness (QED) is 0.545. The summed E-state index contributed by atoms with van der Waals surface area (Å²) in [5.74, 6) is 0.796. The molecule has 0 unspecified atom stereocenters. The molecule has 5 nitrogen and oxygen atoms in total. The lowest BCUT2D eigenvalue weighted by Gasteiger charge is -2.09. The zero-order valence-electron chi connectivity index (χ0n) is 15.3. The van der Waals surface area contributed by atoms with Gasteiger partial charge in [0.25, 0.3) is 0 Å². The Hall–Kier alpha value is -2.92. The van der Waals surface area contributed by atoms with E-state index in [4.69, 9.17) is 11.6 Å². The van der Waals surface area contributed by atoms with Crippen LogP contribution in [0.25, 0.3) is 16.7 Å². The van der Waals surface area contributed by atoms with Crippen molar-refractivity contribution in [3.63, 3.8) is 0 Å². The zero-order valence-corrected chi connectivity index (χ0v) is 16.0. The highest BCUT2D eigenvalue weighted by Crippen LogP contribution is 2.23. The van der Waals surface area contributed by atoms with Gasteiger partial charge in [0.2, 0.25) is 0 Å². The van der Waals surface area contributed by atoms with Gasteiger partial charge in [0.1, 0.15) is 12.1 Å². The maximum atomic E-state index is 5.94. The van der Waals surface area contributed by atoms with Crippen LogP contribution in [0.2, 0.25) is 5.02 Å². The predicted molar refractivity (Wildman–Crippen MR) is 110 cm³/mol. The van der Waals surface area contributed by atoms with E-state index in [0.717, 1.165) is 46.1 Å². The van der Waals surface area contributed by atoms with Crippen LogP contribution in [-0.2, 0) is 6.42 Å². The average Bonchev–Trinajstić information content (AvgIpc) is 3.08. The predicted octanol–water partition coefficient (Wildman–Crippen LogP) is 4.74. The van der Waals surface area contributed by atoms with Gasteiger partial charge in [0.05, 0.1) is 17.3 Å². The highest BCUT2D eigenvalue weighted by atomic mass is 35.5. The largest absolute Gasteiger partial charge is 0.369 e. The Kier molecular flexibility index (Phi) is 4.77. The Balaban J connectivity index is 1.58. The van der Waals surface area contributed by atoms with Crippen molar-refractivity contribution in [3.8, 4) is 5.69 Å². The van der Waals surface area contributed by atoms with E-state index >= 15 is 0 Å². The minimum atomic E-state index is 0.753. The molecule has 2 aromatic heterocycles. The summed E-state index contributed by atoms with van der Waals surface area (Å²) < 4.78 is 1.87. The number of aromatic nitrogens is 4. The van der Waals surface area contributed by atoms with Gasteiger partial charge >= 0.3 is 0 Å². The number of nitrogens with zero attached hydrogens (tertiary/aromatic N) is 4. The summed E-state index contributed by atoms with van der Waals surface area (Å²) in [5, 5.41) is 9.62. The fourth-order valence-corrected chi connectivity index (χ4v) is 3.31. The van der Waals surface area contributed by atoms with E-state index < -0.39 is 0 Å². The van der Waals surface area contributed by atoms with Gasteiger partial charge in [-0.25, -0.2) is 14.6 Å². The fraction of sp³-hybridized carbons (Fsp3) is 0.190. The van der Waals surface area contributed by atoms with Crippen molar-refractivity contribution in [2.24, 2.45) is 0 Å².